The summed E-state index contributed by atoms with van der Waals surface area (Å²) in [6, 6.07) is 0.155. The van der Waals surface area contributed by atoms with E-state index in [0.717, 1.165) is 12.4 Å². The van der Waals surface area contributed by atoms with Gasteiger partial charge in [-0.2, -0.15) is 0 Å². The Kier molecular flexibility index (Phi) is 3.64. The molecule has 1 heterocycles. The Labute approximate surface area is 78.6 Å². The highest BCUT2D eigenvalue weighted by molar-refractivity contribution is 5.29. The summed E-state index contributed by atoms with van der Waals surface area (Å²) in [6.45, 7) is 4.93. The van der Waals surface area contributed by atoms with Gasteiger partial charge in [0.1, 0.15) is 5.82 Å². The Morgan fingerprint density at radius 1 is 1.46 bits per heavy atom. The molecule has 0 aliphatic carbocycles. The smallest absolute Gasteiger partial charge is 0.144 e. The maximum atomic E-state index is 5.85. The van der Waals surface area contributed by atoms with Crippen LogP contribution in [0.5, 0.6) is 0 Å². The molecule has 0 spiro atoms. The van der Waals surface area contributed by atoms with Crippen LogP contribution in [0.15, 0.2) is 18.6 Å². The number of aromatic nitrogens is 2. The van der Waals surface area contributed by atoms with Crippen molar-refractivity contribution in [3.05, 3.63) is 18.6 Å². The highest BCUT2D eigenvalue weighted by Gasteiger charge is 2.06. The summed E-state index contributed by atoms with van der Waals surface area (Å²) in [7, 11) is 0. The third kappa shape index (κ3) is 3.38. The molecular formula is C9H16N4. The van der Waals surface area contributed by atoms with Gasteiger partial charge in [-0.3, -0.25) is 4.98 Å². The van der Waals surface area contributed by atoms with Crippen molar-refractivity contribution in [2.45, 2.75) is 19.9 Å². The fourth-order valence-corrected chi connectivity index (χ4v) is 0.849. The lowest BCUT2D eigenvalue weighted by Crippen LogP contribution is -2.34. The summed E-state index contributed by atoms with van der Waals surface area (Å²) in [5.41, 5.74) is 5.85. The Balaban J connectivity index is 2.35. The van der Waals surface area contributed by atoms with E-state index in [1.54, 1.807) is 18.6 Å². The van der Waals surface area contributed by atoms with Crippen LogP contribution in [0.1, 0.15) is 13.8 Å². The first-order valence-corrected chi connectivity index (χ1v) is 4.45. The standard InChI is InChI=1S/C9H16N4/c1-7(2)8(10)5-13-9-6-11-3-4-12-9/h3-4,6-8H,5,10H2,1-2H3,(H,12,13). The van der Waals surface area contributed by atoms with Gasteiger partial charge in [0, 0.05) is 25.0 Å². The predicted molar refractivity (Wildman–Crippen MR) is 53.3 cm³/mol. The monoisotopic (exact) mass is 180 g/mol. The number of hydrogen-bond acceptors (Lipinski definition) is 4. The van der Waals surface area contributed by atoms with E-state index in [1.165, 1.54) is 0 Å². The van der Waals surface area contributed by atoms with Crippen LogP contribution in [0.3, 0.4) is 0 Å². The van der Waals surface area contributed by atoms with E-state index >= 15 is 0 Å². The number of nitrogens with one attached hydrogen (secondary N) is 1. The predicted octanol–water partition coefficient (Wildman–Crippen LogP) is 0.872. The molecule has 1 unspecified atom stereocenters. The molecule has 4 nitrogen and oxygen atoms in total. The van der Waals surface area contributed by atoms with Gasteiger partial charge in [0.25, 0.3) is 0 Å². The van der Waals surface area contributed by atoms with Crippen LogP contribution in [0, 0.1) is 5.92 Å². The van der Waals surface area contributed by atoms with Gasteiger partial charge in [0.2, 0.25) is 0 Å². The van der Waals surface area contributed by atoms with Crippen molar-refractivity contribution >= 4 is 5.82 Å². The zero-order chi connectivity index (χ0) is 9.68. The lowest BCUT2D eigenvalue weighted by molar-refractivity contribution is 0.511. The zero-order valence-electron chi connectivity index (χ0n) is 8.07. The highest BCUT2D eigenvalue weighted by atomic mass is 15.0. The molecule has 0 amide bonds. The van der Waals surface area contributed by atoms with E-state index in [4.69, 9.17) is 5.73 Å². The summed E-state index contributed by atoms with van der Waals surface area (Å²) in [5.74, 6) is 1.25. The van der Waals surface area contributed by atoms with E-state index < -0.39 is 0 Å². The SMILES string of the molecule is CC(C)C(N)CNc1cnccn1. The van der Waals surface area contributed by atoms with Crippen molar-refractivity contribution in [2.75, 3.05) is 11.9 Å². The molecule has 0 aromatic carbocycles. The van der Waals surface area contributed by atoms with Crippen molar-refractivity contribution in [1.29, 1.82) is 0 Å². The van der Waals surface area contributed by atoms with Gasteiger partial charge in [-0.1, -0.05) is 13.8 Å². The number of anilines is 1. The lowest BCUT2D eigenvalue weighted by Gasteiger charge is -2.15. The zero-order valence-corrected chi connectivity index (χ0v) is 8.07. The number of nitrogens with two attached hydrogens (primary N) is 1. The van der Waals surface area contributed by atoms with Crippen LogP contribution in [0.25, 0.3) is 0 Å². The molecule has 1 aromatic heterocycles. The molecule has 1 atom stereocenters. The van der Waals surface area contributed by atoms with Crippen molar-refractivity contribution in [2.24, 2.45) is 11.7 Å². The fourth-order valence-electron chi connectivity index (χ4n) is 0.849. The number of hydrogen-bond donors (Lipinski definition) is 2. The maximum absolute atomic E-state index is 5.85. The number of rotatable bonds is 4. The minimum Gasteiger partial charge on any atom is -0.367 e. The van der Waals surface area contributed by atoms with Gasteiger partial charge < -0.3 is 11.1 Å². The molecule has 0 aliphatic heterocycles. The largest absolute Gasteiger partial charge is 0.367 e. The normalized spacial score (nSPS) is 12.9. The molecule has 0 saturated heterocycles. The van der Waals surface area contributed by atoms with Crippen LogP contribution < -0.4 is 11.1 Å². The molecular weight excluding hydrogens is 164 g/mol. The Hall–Kier alpha value is -1.16. The molecule has 72 valence electrons. The van der Waals surface area contributed by atoms with Gasteiger partial charge in [-0.25, -0.2) is 4.98 Å². The minimum absolute atomic E-state index is 0.155. The second-order valence-electron chi connectivity index (χ2n) is 3.38. The Morgan fingerprint density at radius 3 is 2.77 bits per heavy atom. The van der Waals surface area contributed by atoms with Crippen LogP contribution in [0.2, 0.25) is 0 Å². The topological polar surface area (TPSA) is 63.8 Å². The van der Waals surface area contributed by atoms with E-state index in [1.807, 2.05) is 0 Å². The van der Waals surface area contributed by atoms with Crippen molar-refractivity contribution in [1.82, 2.24) is 9.97 Å². The Bertz CT molecular complexity index is 235. The van der Waals surface area contributed by atoms with Gasteiger partial charge in [-0.15, -0.1) is 0 Å². The third-order valence-electron chi connectivity index (χ3n) is 1.94. The number of nitrogens with zero attached hydrogens (tertiary/aromatic N) is 2. The van der Waals surface area contributed by atoms with E-state index in [-0.39, 0.29) is 6.04 Å². The first-order chi connectivity index (χ1) is 6.20. The maximum Gasteiger partial charge on any atom is 0.144 e. The Morgan fingerprint density at radius 2 is 2.23 bits per heavy atom. The van der Waals surface area contributed by atoms with E-state index in [2.05, 4.69) is 29.1 Å². The first kappa shape index (κ1) is 9.92. The van der Waals surface area contributed by atoms with Crippen LogP contribution in [0.4, 0.5) is 5.82 Å². The second-order valence-corrected chi connectivity index (χ2v) is 3.38. The van der Waals surface area contributed by atoms with E-state index in [9.17, 15) is 0 Å². The second kappa shape index (κ2) is 4.77. The molecule has 0 bridgehead atoms. The average Bonchev–Trinajstić information content (AvgIpc) is 2.15. The van der Waals surface area contributed by atoms with Crippen LogP contribution >= 0.6 is 0 Å². The minimum atomic E-state index is 0.155. The average molecular weight is 180 g/mol. The lowest BCUT2D eigenvalue weighted by atomic mass is 10.1. The summed E-state index contributed by atoms with van der Waals surface area (Å²) in [6.07, 6.45) is 4.99. The molecule has 3 N–H and O–H groups in total. The van der Waals surface area contributed by atoms with Crippen molar-refractivity contribution in [3.8, 4) is 0 Å². The fraction of sp³-hybridized carbons (Fsp3) is 0.556. The first-order valence-electron chi connectivity index (χ1n) is 4.45. The molecule has 1 rings (SSSR count). The summed E-state index contributed by atoms with van der Waals surface area (Å²) in [5, 5.41) is 3.13. The highest BCUT2D eigenvalue weighted by Crippen LogP contribution is 2.01. The van der Waals surface area contributed by atoms with Crippen molar-refractivity contribution < 1.29 is 0 Å². The summed E-state index contributed by atoms with van der Waals surface area (Å²) in [4.78, 5) is 8.02. The summed E-state index contributed by atoms with van der Waals surface area (Å²) < 4.78 is 0. The van der Waals surface area contributed by atoms with Crippen LogP contribution in [-0.2, 0) is 0 Å². The van der Waals surface area contributed by atoms with Gasteiger partial charge >= 0.3 is 0 Å². The summed E-state index contributed by atoms with van der Waals surface area (Å²) >= 11 is 0. The van der Waals surface area contributed by atoms with Crippen molar-refractivity contribution in [3.63, 3.8) is 0 Å². The van der Waals surface area contributed by atoms with E-state index in [0.29, 0.717) is 5.92 Å². The molecule has 4 heteroatoms. The third-order valence-corrected chi connectivity index (χ3v) is 1.94. The molecule has 1 aromatic rings. The molecule has 0 fully saturated rings. The molecule has 0 aliphatic rings. The van der Waals surface area contributed by atoms with Gasteiger partial charge in [0.05, 0.1) is 6.20 Å². The molecule has 0 radical (unpaired) electrons. The van der Waals surface area contributed by atoms with Crippen LogP contribution in [-0.4, -0.2) is 22.6 Å². The van der Waals surface area contributed by atoms with Gasteiger partial charge in [0.15, 0.2) is 0 Å². The quantitative estimate of drug-likeness (QED) is 0.721. The van der Waals surface area contributed by atoms with Gasteiger partial charge in [-0.05, 0) is 5.92 Å². The molecule has 0 saturated carbocycles. The molecule has 13 heavy (non-hydrogen) atoms.